The van der Waals surface area contributed by atoms with Gasteiger partial charge in [-0.05, 0) is 12.1 Å². The maximum atomic E-state index is 5.01. The number of ether oxygens (including phenoxy) is 1. The molecule has 6 heteroatoms. The summed E-state index contributed by atoms with van der Waals surface area (Å²) in [5.74, 6) is 0. The third-order valence-electron chi connectivity index (χ3n) is 3.08. The van der Waals surface area contributed by atoms with Crippen molar-refractivity contribution in [2.24, 2.45) is 0 Å². The molecule has 0 aliphatic carbocycles. The summed E-state index contributed by atoms with van der Waals surface area (Å²) in [7, 11) is 3.78. The van der Waals surface area contributed by atoms with Crippen LogP contribution in [0.2, 0.25) is 0 Å². The van der Waals surface area contributed by atoms with Gasteiger partial charge in [0.1, 0.15) is 0 Å². The van der Waals surface area contributed by atoms with Crippen LogP contribution >= 0.6 is 11.3 Å². The van der Waals surface area contributed by atoms with E-state index in [9.17, 15) is 0 Å². The minimum absolute atomic E-state index is 0.732. The predicted octanol–water partition coefficient (Wildman–Crippen LogP) is 1.95. The van der Waals surface area contributed by atoms with Crippen LogP contribution in [0.5, 0.6) is 0 Å². The maximum absolute atomic E-state index is 5.01. The van der Waals surface area contributed by atoms with E-state index in [-0.39, 0.29) is 0 Å². The van der Waals surface area contributed by atoms with Crippen LogP contribution in [0.25, 0.3) is 0 Å². The summed E-state index contributed by atoms with van der Waals surface area (Å²) in [6, 6.07) is 6.02. The van der Waals surface area contributed by atoms with Crippen molar-refractivity contribution in [3.8, 4) is 0 Å². The molecule has 0 bridgehead atoms. The van der Waals surface area contributed by atoms with Crippen molar-refractivity contribution in [2.45, 2.75) is 13.0 Å². The normalized spacial score (nSPS) is 10.8. The Kier molecular flexibility index (Phi) is 6.59. The predicted molar refractivity (Wildman–Crippen MR) is 86.9 cm³/mol. The lowest BCUT2D eigenvalue weighted by atomic mass is 10.2. The average molecular weight is 306 g/mol. The molecule has 0 saturated carbocycles. The highest BCUT2D eigenvalue weighted by atomic mass is 32.1. The number of likely N-dealkylation sites (N-methyl/N-ethyl adjacent to an activating group) is 1. The summed E-state index contributed by atoms with van der Waals surface area (Å²) in [6.45, 7) is 3.35. The Bertz CT molecular complexity index is 517. The first-order valence-corrected chi connectivity index (χ1v) is 7.86. The summed E-state index contributed by atoms with van der Waals surface area (Å²) in [6.07, 6.45) is 4.71. The standard InChI is InChI=1S/C15H22N4OS/c1-19(9-6-13-5-3-4-7-17-13)15-18-12-14(21-15)11-16-8-10-20-2/h3-5,7,12,16H,6,8-11H2,1-2H3. The molecule has 0 amide bonds. The number of pyridine rings is 1. The lowest BCUT2D eigenvalue weighted by molar-refractivity contribution is 0.199. The van der Waals surface area contributed by atoms with Crippen LogP contribution in [-0.2, 0) is 17.7 Å². The highest BCUT2D eigenvalue weighted by Gasteiger charge is 2.07. The zero-order valence-electron chi connectivity index (χ0n) is 12.6. The van der Waals surface area contributed by atoms with Crippen molar-refractivity contribution < 1.29 is 4.74 Å². The van der Waals surface area contributed by atoms with Gasteiger partial charge in [0.05, 0.1) is 6.61 Å². The zero-order chi connectivity index (χ0) is 14.9. The lowest BCUT2D eigenvalue weighted by Gasteiger charge is -2.14. The Morgan fingerprint density at radius 1 is 1.33 bits per heavy atom. The van der Waals surface area contributed by atoms with E-state index in [0.717, 1.165) is 43.5 Å². The van der Waals surface area contributed by atoms with Crippen LogP contribution in [0.15, 0.2) is 30.6 Å². The molecule has 0 spiro atoms. The van der Waals surface area contributed by atoms with Crippen LogP contribution in [0.3, 0.4) is 0 Å². The minimum Gasteiger partial charge on any atom is -0.383 e. The van der Waals surface area contributed by atoms with Crippen LogP contribution in [0.1, 0.15) is 10.6 Å². The first-order valence-electron chi connectivity index (χ1n) is 7.05. The number of aromatic nitrogens is 2. The molecule has 0 atom stereocenters. The largest absolute Gasteiger partial charge is 0.383 e. The van der Waals surface area contributed by atoms with E-state index in [1.165, 1.54) is 4.88 Å². The third-order valence-corrected chi connectivity index (χ3v) is 4.19. The van der Waals surface area contributed by atoms with Gasteiger partial charge in [-0.25, -0.2) is 4.98 Å². The van der Waals surface area contributed by atoms with Gasteiger partial charge in [-0.3, -0.25) is 4.98 Å². The molecule has 5 nitrogen and oxygen atoms in total. The summed E-state index contributed by atoms with van der Waals surface area (Å²) < 4.78 is 5.01. The molecule has 2 aromatic rings. The van der Waals surface area contributed by atoms with Crippen molar-refractivity contribution in [1.82, 2.24) is 15.3 Å². The lowest BCUT2D eigenvalue weighted by Crippen LogP contribution is -2.20. The van der Waals surface area contributed by atoms with E-state index in [2.05, 4.69) is 33.3 Å². The number of hydrogen-bond donors (Lipinski definition) is 1. The molecule has 0 saturated heterocycles. The highest BCUT2D eigenvalue weighted by molar-refractivity contribution is 7.15. The molecule has 1 N–H and O–H groups in total. The molecule has 0 unspecified atom stereocenters. The van der Waals surface area contributed by atoms with Gasteiger partial charge in [0, 0.05) is 63.2 Å². The molecule has 0 aliphatic heterocycles. The van der Waals surface area contributed by atoms with Gasteiger partial charge in [0.2, 0.25) is 0 Å². The minimum atomic E-state index is 0.732. The summed E-state index contributed by atoms with van der Waals surface area (Å²) in [5.41, 5.74) is 1.11. The Labute approximate surface area is 130 Å². The monoisotopic (exact) mass is 306 g/mol. The van der Waals surface area contributed by atoms with E-state index in [0.29, 0.717) is 0 Å². The SMILES string of the molecule is COCCNCc1cnc(N(C)CCc2ccccn2)s1. The van der Waals surface area contributed by atoms with E-state index < -0.39 is 0 Å². The third kappa shape index (κ3) is 5.41. The van der Waals surface area contributed by atoms with Gasteiger partial charge in [-0.1, -0.05) is 6.07 Å². The Hall–Kier alpha value is -1.50. The van der Waals surface area contributed by atoms with Gasteiger partial charge in [0.25, 0.3) is 0 Å². The number of nitrogens with one attached hydrogen (secondary N) is 1. The van der Waals surface area contributed by atoms with Crippen molar-refractivity contribution in [3.05, 3.63) is 41.2 Å². The van der Waals surface area contributed by atoms with Crippen LogP contribution in [-0.4, -0.2) is 43.8 Å². The Morgan fingerprint density at radius 2 is 2.24 bits per heavy atom. The number of methoxy groups -OCH3 is 1. The topological polar surface area (TPSA) is 50.3 Å². The zero-order valence-corrected chi connectivity index (χ0v) is 13.4. The van der Waals surface area contributed by atoms with Gasteiger partial charge in [-0.15, -0.1) is 11.3 Å². The van der Waals surface area contributed by atoms with E-state index in [1.54, 1.807) is 18.4 Å². The molecule has 114 valence electrons. The molecule has 21 heavy (non-hydrogen) atoms. The van der Waals surface area contributed by atoms with E-state index in [1.807, 2.05) is 24.5 Å². The molecular weight excluding hydrogens is 284 g/mol. The number of nitrogens with zero attached hydrogens (tertiary/aromatic N) is 3. The van der Waals surface area contributed by atoms with Crippen molar-refractivity contribution in [2.75, 3.05) is 38.8 Å². The maximum Gasteiger partial charge on any atom is 0.185 e. The van der Waals surface area contributed by atoms with Crippen molar-refractivity contribution in [3.63, 3.8) is 0 Å². The molecule has 0 fully saturated rings. The highest BCUT2D eigenvalue weighted by Crippen LogP contribution is 2.21. The number of anilines is 1. The summed E-state index contributed by atoms with van der Waals surface area (Å²) >= 11 is 1.73. The Balaban J connectivity index is 1.77. The molecular formula is C15H22N4OS. The Morgan fingerprint density at radius 3 is 3.00 bits per heavy atom. The molecule has 2 heterocycles. The van der Waals surface area contributed by atoms with Gasteiger partial charge in [-0.2, -0.15) is 0 Å². The second-order valence-electron chi connectivity index (χ2n) is 4.77. The van der Waals surface area contributed by atoms with Gasteiger partial charge >= 0.3 is 0 Å². The number of rotatable bonds is 9. The molecule has 2 aromatic heterocycles. The fraction of sp³-hybridized carbons (Fsp3) is 0.467. The second-order valence-corrected chi connectivity index (χ2v) is 5.87. The van der Waals surface area contributed by atoms with Crippen LogP contribution < -0.4 is 10.2 Å². The number of thiazole rings is 1. The summed E-state index contributed by atoms with van der Waals surface area (Å²) in [4.78, 5) is 12.2. The van der Waals surface area contributed by atoms with Crippen molar-refractivity contribution in [1.29, 1.82) is 0 Å². The molecule has 0 aromatic carbocycles. The smallest absolute Gasteiger partial charge is 0.185 e. The van der Waals surface area contributed by atoms with E-state index in [4.69, 9.17) is 4.74 Å². The van der Waals surface area contributed by atoms with Crippen LogP contribution in [0.4, 0.5) is 5.13 Å². The number of hydrogen-bond acceptors (Lipinski definition) is 6. The fourth-order valence-electron chi connectivity index (χ4n) is 1.87. The van der Waals surface area contributed by atoms with Gasteiger partial charge < -0.3 is 15.0 Å². The van der Waals surface area contributed by atoms with E-state index >= 15 is 0 Å². The first-order chi connectivity index (χ1) is 10.3. The van der Waals surface area contributed by atoms with Gasteiger partial charge in [0.15, 0.2) is 5.13 Å². The first kappa shape index (κ1) is 15.9. The van der Waals surface area contributed by atoms with Crippen LogP contribution in [0, 0.1) is 0 Å². The summed E-state index contributed by atoms with van der Waals surface area (Å²) in [5, 5.41) is 4.38. The molecule has 0 radical (unpaired) electrons. The second kappa shape index (κ2) is 8.71. The fourth-order valence-corrected chi connectivity index (χ4v) is 2.73. The quantitative estimate of drug-likeness (QED) is 0.718. The molecule has 0 aliphatic rings. The average Bonchev–Trinajstić information content (AvgIpc) is 2.99. The molecule has 2 rings (SSSR count). The van der Waals surface area contributed by atoms with Crippen molar-refractivity contribution >= 4 is 16.5 Å².